The smallest absolute Gasteiger partial charge is 0.419 e. The highest BCUT2D eigenvalue weighted by Crippen LogP contribution is 2.37. The fourth-order valence-electron chi connectivity index (χ4n) is 5.25. The number of hydrogen-bond donors (Lipinski definition) is 1. The van der Waals surface area contributed by atoms with E-state index in [0.717, 1.165) is 37.6 Å². The lowest BCUT2D eigenvalue weighted by Gasteiger charge is -2.35. The van der Waals surface area contributed by atoms with E-state index in [-0.39, 0.29) is 40.6 Å². The molecule has 6 rings (SSSR count). The monoisotopic (exact) mass is 685 g/mol. The number of aromatic nitrogens is 7. The third kappa shape index (κ3) is 7.58. The quantitative estimate of drug-likeness (QED) is 0.256. The molecular weight excluding hydrogens is 655 g/mol. The maximum absolute atomic E-state index is 13.9. The van der Waals surface area contributed by atoms with Crippen molar-refractivity contribution in [2.75, 3.05) is 23.6 Å². The van der Waals surface area contributed by atoms with Crippen LogP contribution >= 0.6 is 0 Å². The third-order valence-corrected chi connectivity index (χ3v) is 8.96. The number of ether oxygens (including phenoxy) is 2. The number of carbonyl (C=O) groups excluding carboxylic acids is 1. The number of pyridine rings is 1. The summed E-state index contributed by atoms with van der Waals surface area (Å²) < 4.78 is 76.4. The van der Waals surface area contributed by atoms with Crippen LogP contribution in [0.15, 0.2) is 54.3 Å². The number of methoxy groups -OCH3 is 1. The van der Waals surface area contributed by atoms with Crippen LogP contribution in [0.25, 0.3) is 22.5 Å². The number of nitrogens with one attached hydrogen (secondary N) is 1. The van der Waals surface area contributed by atoms with Crippen LogP contribution in [0.3, 0.4) is 0 Å². The van der Waals surface area contributed by atoms with Gasteiger partial charge in [-0.05, 0) is 44.6 Å². The Morgan fingerprint density at radius 3 is 2.23 bits per heavy atom. The van der Waals surface area contributed by atoms with Gasteiger partial charge in [-0.25, -0.2) is 38.1 Å². The van der Waals surface area contributed by atoms with Crippen LogP contribution in [-0.2, 0) is 20.8 Å². The summed E-state index contributed by atoms with van der Waals surface area (Å²) in [6, 6.07) is 0.804. The van der Waals surface area contributed by atoms with E-state index in [4.69, 9.17) is 9.47 Å². The van der Waals surface area contributed by atoms with Crippen LogP contribution in [-0.4, -0.2) is 81.0 Å². The van der Waals surface area contributed by atoms with E-state index in [2.05, 4.69) is 40.2 Å². The number of amides is 1. The Morgan fingerprint density at radius 2 is 1.62 bits per heavy atom. The summed E-state index contributed by atoms with van der Waals surface area (Å²) >= 11 is 0. The van der Waals surface area contributed by atoms with Gasteiger partial charge in [-0.15, -0.1) is 0 Å². The molecule has 2 fully saturated rings. The number of alkyl halides is 3. The number of anilines is 2. The molecule has 1 N–H and O–H groups in total. The van der Waals surface area contributed by atoms with E-state index in [1.807, 2.05) is 0 Å². The van der Waals surface area contributed by atoms with Crippen LogP contribution in [0.2, 0.25) is 0 Å². The molecule has 0 unspecified atom stereocenters. The van der Waals surface area contributed by atoms with Crippen LogP contribution in [0.5, 0.6) is 6.01 Å². The van der Waals surface area contributed by atoms with Gasteiger partial charge in [0.15, 0.2) is 15.7 Å². The summed E-state index contributed by atoms with van der Waals surface area (Å²) in [6.45, 7) is 0. The van der Waals surface area contributed by atoms with Gasteiger partial charge < -0.3 is 14.8 Å². The molecule has 0 aromatic carbocycles. The minimum atomic E-state index is -4.80. The zero-order valence-corrected chi connectivity index (χ0v) is 26.6. The van der Waals surface area contributed by atoms with Gasteiger partial charge in [0.05, 0.1) is 35.8 Å². The number of hydrogen-bond acceptors (Lipinski definition) is 13. The predicted octanol–water partition coefficient (Wildman–Crippen LogP) is 4.75. The molecule has 0 radical (unpaired) electrons. The maximum atomic E-state index is 13.9. The lowest BCUT2D eigenvalue weighted by molar-refractivity contribution is -0.137. The van der Waals surface area contributed by atoms with Crippen molar-refractivity contribution in [2.24, 2.45) is 0 Å². The summed E-state index contributed by atoms with van der Waals surface area (Å²) in [5, 5.41) is 3.11. The first kappa shape index (κ1) is 32.9. The van der Waals surface area contributed by atoms with E-state index < -0.39 is 33.4 Å². The van der Waals surface area contributed by atoms with E-state index in [1.54, 1.807) is 12.4 Å². The van der Waals surface area contributed by atoms with Crippen molar-refractivity contribution in [1.29, 1.82) is 0 Å². The molecule has 2 aliphatic rings. The average Bonchev–Trinajstić information content (AvgIpc) is 3.89. The molecule has 0 bridgehead atoms. The second kappa shape index (κ2) is 13.2. The summed E-state index contributed by atoms with van der Waals surface area (Å²) in [5.41, 5.74) is -0.624. The molecular formula is C30H30F3N9O5S. The molecule has 2 aliphatic carbocycles. The van der Waals surface area contributed by atoms with Crippen molar-refractivity contribution >= 4 is 27.7 Å². The summed E-state index contributed by atoms with van der Waals surface area (Å²) in [4.78, 5) is 43.6. The number of halogens is 3. The number of nitrogens with zero attached hydrogens (tertiary/aromatic N) is 8. The molecule has 0 saturated heterocycles. The summed E-state index contributed by atoms with van der Waals surface area (Å²) in [6.07, 6.45) is 8.11. The highest BCUT2D eigenvalue weighted by molar-refractivity contribution is 7.90. The Labute approximate surface area is 273 Å². The summed E-state index contributed by atoms with van der Waals surface area (Å²) in [5.74, 6) is 0.260. The second-order valence-electron chi connectivity index (χ2n) is 11.5. The molecule has 0 atom stereocenters. The number of carbonyl (C=O) groups is 1. The van der Waals surface area contributed by atoms with Gasteiger partial charge in [-0.3, -0.25) is 14.9 Å². The van der Waals surface area contributed by atoms with E-state index in [1.165, 1.54) is 24.4 Å². The minimum Gasteiger partial charge on any atom is -0.467 e. The molecule has 4 aromatic rings. The van der Waals surface area contributed by atoms with Crippen LogP contribution in [0.4, 0.5) is 29.7 Å². The van der Waals surface area contributed by atoms with E-state index >= 15 is 0 Å². The van der Waals surface area contributed by atoms with Gasteiger partial charge in [0.25, 0.3) is 0 Å². The maximum Gasteiger partial charge on any atom is 0.419 e. The molecule has 0 spiro atoms. The van der Waals surface area contributed by atoms with Crippen molar-refractivity contribution < 1.29 is 35.9 Å². The largest absolute Gasteiger partial charge is 0.467 e. The molecule has 1 amide bonds. The molecule has 4 aromatic heterocycles. The van der Waals surface area contributed by atoms with Crippen LogP contribution < -0.4 is 15.0 Å². The molecule has 18 heteroatoms. The van der Waals surface area contributed by atoms with Crippen LogP contribution in [0.1, 0.15) is 44.1 Å². The van der Waals surface area contributed by atoms with Crippen molar-refractivity contribution in [3.63, 3.8) is 0 Å². The number of sulfone groups is 1. The molecule has 48 heavy (non-hydrogen) atoms. The second-order valence-corrected chi connectivity index (χ2v) is 13.5. The fraction of sp³-hybridized carbons (Fsp3) is 0.400. The lowest BCUT2D eigenvalue weighted by Crippen LogP contribution is -2.45. The first-order valence-electron chi connectivity index (χ1n) is 14.9. The van der Waals surface area contributed by atoms with Crippen molar-refractivity contribution in [2.45, 2.75) is 67.8 Å². The van der Waals surface area contributed by atoms with Crippen molar-refractivity contribution in [3.8, 4) is 28.5 Å². The SMILES string of the molecule is COc1ncc(-c2cnc(N(C(=O)OC3CC3)C3CCC(Nc4ncc(C(F)(F)F)c(-c5cncc(S(C)(=O)=O)c5)n4)CC3)cn2)cn1. The average molecular weight is 686 g/mol. The highest BCUT2D eigenvalue weighted by atomic mass is 32.2. The standard InChI is InChI=1S/C30H30F3N9O5S/c1-46-28-38-11-18(12-39-28)24-15-36-25(16-35-24)42(29(43)47-21-7-8-21)20-5-3-19(4-6-20)40-27-37-14-23(30(31,32)33)26(41-27)17-9-22(13-34-10-17)48(2,44)45/h9-16,19-21H,3-8H2,1-2H3,(H,37,40,41). The zero-order valence-electron chi connectivity index (χ0n) is 25.8. The zero-order chi connectivity index (χ0) is 34.1. The Bertz CT molecular complexity index is 1890. The van der Waals surface area contributed by atoms with Gasteiger partial charge in [-0.1, -0.05) is 0 Å². The summed E-state index contributed by atoms with van der Waals surface area (Å²) in [7, 11) is -2.27. The molecule has 0 aliphatic heterocycles. The Kier molecular flexibility index (Phi) is 9.09. The van der Waals surface area contributed by atoms with E-state index in [0.29, 0.717) is 49.0 Å². The van der Waals surface area contributed by atoms with Gasteiger partial charge >= 0.3 is 18.3 Å². The molecule has 2 saturated carbocycles. The Morgan fingerprint density at radius 1 is 0.896 bits per heavy atom. The third-order valence-electron chi connectivity index (χ3n) is 7.88. The fourth-order valence-corrected chi connectivity index (χ4v) is 5.85. The van der Waals surface area contributed by atoms with Gasteiger partial charge in [0.2, 0.25) is 5.95 Å². The predicted molar refractivity (Wildman–Crippen MR) is 165 cm³/mol. The number of rotatable bonds is 9. The normalized spacial score (nSPS) is 18.2. The van der Waals surface area contributed by atoms with Crippen molar-refractivity contribution in [1.82, 2.24) is 34.9 Å². The minimum absolute atomic E-state index is 0.0554. The van der Waals surface area contributed by atoms with Crippen LogP contribution in [0, 0.1) is 0 Å². The highest BCUT2D eigenvalue weighted by Gasteiger charge is 2.37. The molecule has 252 valence electrons. The van der Waals surface area contributed by atoms with Gasteiger partial charge in [0.1, 0.15) is 11.7 Å². The Balaban J connectivity index is 1.18. The van der Waals surface area contributed by atoms with E-state index in [9.17, 15) is 26.4 Å². The topological polar surface area (TPSA) is 175 Å². The first-order valence-corrected chi connectivity index (χ1v) is 16.8. The first-order chi connectivity index (χ1) is 22.9. The molecule has 4 heterocycles. The van der Waals surface area contributed by atoms with Gasteiger partial charge in [0, 0.05) is 60.5 Å². The van der Waals surface area contributed by atoms with Crippen molar-refractivity contribution in [3.05, 3.63) is 55.0 Å². The lowest BCUT2D eigenvalue weighted by atomic mass is 9.90. The Hall–Kier alpha value is -5.00. The van der Waals surface area contributed by atoms with Gasteiger partial charge in [-0.2, -0.15) is 13.2 Å². The molecule has 14 nitrogen and oxygen atoms in total.